The van der Waals surface area contributed by atoms with Gasteiger partial charge in [0.05, 0.1) is 0 Å². The van der Waals surface area contributed by atoms with Crippen LogP contribution in [0.2, 0.25) is 0 Å². The summed E-state index contributed by atoms with van der Waals surface area (Å²) in [6.07, 6.45) is 6.29. The minimum absolute atomic E-state index is 0.258. The van der Waals surface area contributed by atoms with Gasteiger partial charge < -0.3 is 15.2 Å². The first kappa shape index (κ1) is 21.7. The fourth-order valence-electron chi connectivity index (χ4n) is 3.97. The van der Waals surface area contributed by atoms with Crippen LogP contribution in [0, 0.1) is 17.6 Å². The molecule has 166 valence electrons. The molecule has 1 aliphatic rings. The molecule has 0 fully saturated rings. The molecule has 32 heavy (non-hydrogen) atoms. The van der Waals surface area contributed by atoms with Crippen molar-refractivity contribution >= 4 is 28.4 Å². The van der Waals surface area contributed by atoms with Crippen molar-refractivity contribution in [3.8, 4) is 0 Å². The van der Waals surface area contributed by atoms with Crippen molar-refractivity contribution in [1.29, 1.82) is 0 Å². The average molecular weight is 438 g/mol. The van der Waals surface area contributed by atoms with Crippen LogP contribution in [0.1, 0.15) is 36.2 Å². The molecule has 3 aromatic rings. The van der Waals surface area contributed by atoms with Gasteiger partial charge in [0.1, 0.15) is 28.9 Å². The SMILES string of the molecule is CC(C)[C@H](NC(=O)c1c(F)cccc1F)C(=O)N1CC=C(c2c[nH]c3ncccc23)CC1. The zero-order chi connectivity index (χ0) is 22.8. The number of aromatic amines is 1. The Labute approximate surface area is 184 Å². The lowest BCUT2D eigenvalue weighted by atomic mass is 9.97. The van der Waals surface area contributed by atoms with Crippen molar-refractivity contribution in [2.75, 3.05) is 13.1 Å². The molecule has 6 nitrogen and oxygen atoms in total. The number of aromatic nitrogens is 2. The van der Waals surface area contributed by atoms with Crippen LogP contribution in [0.5, 0.6) is 0 Å². The molecular formula is C24H24F2N4O2. The fraction of sp³-hybridized carbons (Fsp3) is 0.292. The van der Waals surface area contributed by atoms with Crippen molar-refractivity contribution in [3.63, 3.8) is 0 Å². The van der Waals surface area contributed by atoms with E-state index in [0.717, 1.165) is 34.3 Å². The number of rotatable bonds is 5. The molecule has 2 aromatic heterocycles. The lowest BCUT2D eigenvalue weighted by Gasteiger charge is -2.32. The van der Waals surface area contributed by atoms with Gasteiger partial charge in [-0.25, -0.2) is 13.8 Å². The molecule has 2 amide bonds. The molecule has 4 rings (SSSR count). The van der Waals surface area contributed by atoms with Crippen LogP contribution >= 0.6 is 0 Å². The van der Waals surface area contributed by atoms with Crippen molar-refractivity contribution in [3.05, 3.63) is 71.6 Å². The van der Waals surface area contributed by atoms with E-state index in [2.05, 4.69) is 15.3 Å². The summed E-state index contributed by atoms with van der Waals surface area (Å²) in [5, 5.41) is 3.56. The Morgan fingerprint density at radius 3 is 2.56 bits per heavy atom. The van der Waals surface area contributed by atoms with Crippen LogP contribution in [0.3, 0.4) is 0 Å². The average Bonchev–Trinajstić information content (AvgIpc) is 3.21. The maximum absolute atomic E-state index is 14.0. The number of hydrogen-bond acceptors (Lipinski definition) is 3. The quantitative estimate of drug-likeness (QED) is 0.634. The zero-order valence-corrected chi connectivity index (χ0v) is 17.9. The summed E-state index contributed by atoms with van der Waals surface area (Å²) in [5.74, 6) is -3.40. The Morgan fingerprint density at radius 1 is 1.16 bits per heavy atom. The van der Waals surface area contributed by atoms with Crippen LogP contribution < -0.4 is 5.32 Å². The normalized spacial score (nSPS) is 15.0. The molecule has 0 aliphatic carbocycles. The predicted molar refractivity (Wildman–Crippen MR) is 118 cm³/mol. The van der Waals surface area contributed by atoms with E-state index in [-0.39, 0.29) is 11.8 Å². The van der Waals surface area contributed by atoms with Gasteiger partial charge >= 0.3 is 0 Å². The molecule has 0 saturated heterocycles. The summed E-state index contributed by atoms with van der Waals surface area (Å²) in [6, 6.07) is 6.21. The van der Waals surface area contributed by atoms with Crippen LogP contribution in [0.4, 0.5) is 8.78 Å². The highest BCUT2D eigenvalue weighted by molar-refractivity contribution is 5.98. The largest absolute Gasteiger partial charge is 0.346 e. The van der Waals surface area contributed by atoms with Gasteiger partial charge in [-0.2, -0.15) is 0 Å². The monoisotopic (exact) mass is 438 g/mol. The van der Waals surface area contributed by atoms with Gasteiger partial charge in [0.15, 0.2) is 0 Å². The van der Waals surface area contributed by atoms with Crippen molar-refractivity contribution in [2.45, 2.75) is 26.3 Å². The smallest absolute Gasteiger partial charge is 0.257 e. The number of pyridine rings is 1. The first-order chi connectivity index (χ1) is 15.4. The molecule has 0 saturated carbocycles. The minimum Gasteiger partial charge on any atom is -0.346 e. The second kappa shape index (κ2) is 8.90. The van der Waals surface area contributed by atoms with E-state index in [1.807, 2.05) is 24.4 Å². The summed E-state index contributed by atoms with van der Waals surface area (Å²) in [5.41, 5.74) is 2.31. The van der Waals surface area contributed by atoms with Crippen molar-refractivity contribution in [2.24, 2.45) is 5.92 Å². The number of carbonyl (C=O) groups is 2. The minimum atomic E-state index is -0.962. The highest BCUT2D eigenvalue weighted by Crippen LogP contribution is 2.28. The van der Waals surface area contributed by atoms with Gasteiger partial charge in [0, 0.05) is 36.4 Å². The third kappa shape index (κ3) is 4.12. The molecule has 1 aromatic carbocycles. The van der Waals surface area contributed by atoms with Crippen molar-refractivity contribution < 1.29 is 18.4 Å². The second-order valence-electron chi connectivity index (χ2n) is 8.16. The second-order valence-corrected chi connectivity index (χ2v) is 8.16. The van der Waals surface area contributed by atoms with Crippen LogP contribution in [-0.2, 0) is 4.79 Å². The predicted octanol–water partition coefficient (Wildman–Crippen LogP) is 3.91. The summed E-state index contributed by atoms with van der Waals surface area (Å²) in [6.45, 7) is 4.43. The van der Waals surface area contributed by atoms with Gasteiger partial charge in [0.25, 0.3) is 5.91 Å². The van der Waals surface area contributed by atoms with E-state index in [4.69, 9.17) is 0 Å². The first-order valence-corrected chi connectivity index (χ1v) is 10.5. The Balaban J connectivity index is 1.49. The Bertz CT molecular complexity index is 1180. The molecule has 1 aliphatic heterocycles. The van der Waals surface area contributed by atoms with Crippen LogP contribution in [-0.4, -0.2) is 45.8 Å². The molecule has 3 heterocycles. The lowest BCUT2D eigenvalue weighted by molar-refractivity contribution is -0.133. The Morgan fingerprint density at radius 2 is 1.91 bits per heavy atom. The van der Waals surface area contributed by atoms with E-state index in [0.29, 0.717) is 19.5 Å². The number of nitrogens with one attached hydrogen (secondary N) is 2. The standard InChI is InChI=1S/C24H24F2N4O2/c1-14(2)21(29-23(31)20-18(25)6-3-7-19(20)26)24(32)30-11-8-15(9-12-30)17-13-28-22-16(17)5-4-10-27-22/h3-8,10,13-14,21H,9,11-12H2,1-2H3,(H,27,28)(H,29,31)/t21-/m0/s1. The van der Waals surface area contributed by atoms with E-state index in [1.54, 1.807) is 24.9 Å². The maximum atomic E-state index is 14.0. The Kier molecular flexibility index (Phi) is 6.03. The summed E-state index contributed by atoms with van der Waals surface area (Å²) in [4.78, 5) is 34.8. The van der Waals surface area contributed by atoms with Crippen LogP contribution in [0.25, 0.3) is 16.6 Å². The van der Waals surface area contributed by atoms with E-state index in [1.165, 1.54) is 6.07 Å². The summed E-state index contributed by atoms with van der Waals surface area (Å²) in [7, 11) is 0. The number of H-pyrrole nitrogens is 1. The number of hydrogen-bond donors (Lipinski definition) is 2. The fourth-order valence-corrected chi connectivity index (χ4v) is 3.97. The lowest BCUT2D eigenvalue weighted by Crippen LogP contribution is -2.52. The third-order valence-electron chi connectivity index (χ3n) is 5.73. The molecule has 0 spiro atoms. The van der Waals surface area contributed by atoms with Crippen LogP contribution in [0.15, 0.2) is 48.8 Å². The van der Waals surface area contributed by atoms with Gasteiger partial charge in [-0.05, 0) is 42.2 Å². The summed E-state index contributed by atoms with van der Waals surface area (Å²) < 4.78 is 28.0. The number of benzene rings is 1. The third-order valence-corrected chi connectivity index (χ3v) is 5.73. The molecule has 8 heteroatoms. The van der Waals surface area contributed by atoms with Gasteiger partial charge in [-0.15, -0.1) is 0 Å². The van der Waals surface area contributed by atoms with E-state index in [9.17, 15) is 18.4 Å². The van der Waals surface area contributed by atoms with Crippen molar-refractivity contribution in [1.82, 2.24) is 20.2 Å². The topological polar surface area (TPSA) is 78.1 Å². The first-order valence-electron chi connectivity index (χ1n) is 10.5. The van der Waals surface area contributed by atoms with Gasteiger partial charge in [0.2, 0.25) is 5.91 Å². The number of fused-ring (bicyclic) bond motifs is 1. The number of amides is 2. The number of carbonyl (C=O) groups excluding carboxylic acids is 2. The molecule has 0 bridgehead atoms. The molecule has 0 radical (unpaired) electrons. The summed E-state index contributed by atoms with van der Waals surface area (Å²) >= 11 is 0. The molecule has 1 atom stereocenters. The number of halogens is 2. The maximum Gasteiger partial charge on any atom is 0.257 e. The highest BCUT2D eigenvalue weighted by Gasteiger charge is 2.31. The Hall–Kier alpha value is -3.55. The molecule has 2 N–H and O–H groups in total. The van der Waals surface area contributed by atoms with E-state index >= 15 is 0 Å². The highest BCUT2D eigenvalue weighted by atomic mass is 19.1. The van der Waals surface area contributed by atoms with E-state index < -0.39 is 29.1 Å². The molecule has 0 unspecified atom stereocenters. The van der Waals surface area contributed by atoms with Gasteiger partial charge in [-0.1, -0.05) is 26.0 Å². The van der Waals surface area contributed by atoms with Gasteiger partial charge in [-0.3, -0.25) is 9.59 Å². The molecular weight excluding hydrogens is 414 g/mol. The number of nitrogens with zero attached hydrogens (tertiary/aromatic N) is 2. The zero-order valence-electron chi connectivity index (χ0n) is 17.9.